The highest BCUT2D eigenvalue weighted by Crippen LogP contribution is 2.32. The largest absolute Gasteiger partial charge is 0.477 e. The third-order valence-corrected chi connectivity index (χ3v) is 5.30. The van der Waals surface area contributed by atoms with Gasteiger partial charge in [-0.1, -0.05) is 26.8 Å². The molecule has 7 nitrogen and oxygen atoms in total. The molecule has 29 heavy (non-hydrogen) atoms. The van der Waals surface area contributed by atoms with Crippen LogP contribution in [0.1, 0.15) is 67.2 Å². The highest BCUT2D eigenvalue weighted by Gasteiger charge is 2.30. The van der Waals surface area contributed by atoms with Gasteiger partial charge in [0.1, 0.15) is 5.56 Å². The maximum atomic E-state index is 13.3. The molecule has 1 unspecified atom stereocenters. The van der Waals surface area contributed by atoms with Gasteiger partial charge in [0.2, 0.25) is 5.91 Å². The van der Waals surface area contributed by atoms with E-state index in [9.17, 15) is 19.5 Å². The lowest BCUT2D eigenvalue weighted by Gasteiger charge is -2.32. The molecule has 1 aliphatic rings. The van der Waals surface area contributed by atoms with Gasteiger partial charge in [-0.05, 0) is 41.0 Å². The van der Waals surface area contributed by atoms with Crippen LogP contribution in [0.15, 0.2) is 35.5 Å². The summed E-state index contributed by atoms with van der Waals surface area (Å²) in [6.07, 6.45) is 6.12. The average molecular weight is 397 g/mol. The van der Waals surface area contributed by atoms with Crippen LogP contribution >= 0.6 is 0 Å². The Morgan fingerprint density at radius 3 is 2.59 bits per heavy atom. The van der Waals surface area contributed by atoms with Crippen LogP contribution in [0.25, 0.3) is 0 Å². The van der Waals surface area contributed by atoms with E-state index in [-0.39, 0.29) is 22.9 Å². The summed E-state index contributed by atoms with van der Waals surface area (Å²) in [7, 11) is 0. The van der Waals surface area contributed by atoms with E-state index >= 15 is 0 Å². The molecule has 0 fully saturated rings. The van der Waals surface area contributed by atoms with Gasteiger partial charge in [-0.2, -0.15) is 0 Å². The van der Waals surface area contributed by atoms with Crippen LogP contribution in [0.5, 0.6) is 0 Å². The van der Waals surface area contributed by atoms with Crippen molar-refractivity contribution in [1.82, 2.24) is 14.5 Å². The van der Waals surface area contributed by atoms with Crippen molar-refractivity contribution in [1.29, 1.82) is 0 Å². The van der Waals surface area contributed by atoms with E-state index in [0.29, 0.717) is 37.1 Å². The molecule has 0 aliphatic carbocycles. The van der Waals surface area contributed by atoms with Crippen molar-refractivity contribution in [2.45, 2.75) is 53.1 Å². The SMILES string of the molecule is CC(=O)N1CCc2c(cn(C(CC(C)(C)C)c3cccnc3)c(=O)c2C(=O)O)C1. The van der Waals surface area contributed by atoms with Crippen LogP contribution in [0.4, 0.5) is 0 Å². The third-order valence-electron chi connectivity index (χ3n) is 5.30. The lowest BCUT2D eigenvalue weighted by atomic mass is 9.85. The quantitative estimate of drug-likeness (QED) is 0.856. The monoisotopic (exact) mass is 397 g/mol. The molecule has 0 spiro atoms. The number of carboxylic acids is 1. The van der Waals surface area contributed by atoms with Crippen LogP contribution < -0.4 is 5.56 Å². The molecule has 0 bridgehead atoms. The first kappa shape index (κ1) is 20.8. The normalized spacial score (nSPS) is 15.0. The molecule has 0 saturated heterocycles. The highest BCUT2D eigenvalue weighted by molar-refractivity contribution is 5.89. The second-order valence-corrected chi connectivity index (χ2v) is 8.78. The first-order valence-corrected chi connectivity index (χ1v) is 9.74. The molecular formula is C22H27N3O4. The zero-order chi connectivity index (χ0) is 21.3. The zero-order valence-corrected chi connectivity index (χ0v) is 17.3. The van der Waals surface area contributed by atoms with Crippen LogP contribution in [-0.4, -0.2) is 38.0 Å². The number of aromatic carboxylic acids is 1. The van der Waals surface area contributed by atoms with Crippen LogP contribution in [0, 0.1) is 5.41 Å². The van der Waals surface area contributed by atoms with E-state index in [1.165, 1.54) is 11.5 Å². The molecule has 3 rings (SSSR count). The molecule has 0 saturated carbocycles. The standard InChI is InChI=1S/C22H27N3O4/c1-14(26)24-9-7-17-16(12-24)13-25(20(27)19(17)21(28)29)18(10-22(2,3)4)15-6-5-8-23-11-15/h5-6,8,11,13,18H,7,9-10,12H2,1-4H3,(H,28,29). The molecule has 154 valence electrons. The molecule has 1 N–H and O–H groups in total. The Bertz CT molecular complexity index is 990. The fourth-order valence-corrected chi connectivity index (χ4v) is 3.93. The Hall–Kier alpha value is -2.96. The van der Waals surface area contributed by atoms with Crippen molar-refractivity contribution >= 4 is 11.9 Å². The number of pyridine rings is 2. The van der Waals surface area contributed by atoms with Gasteiger partial charge >= 0.3 is 5.97 Å². The summed E-state index contributed by atoms with van der Waals surface area (Å²) >= 11 is 0. The summed E-state index contributed by atoms with van der Waals surface area (Å²) in [4.78, 5) is 43.0. The highest BCUT2D eigenvalue weighted by atomic mass is 16.4. The summed E-state index contributed by atoms with van der Waals surface area (Å²) in [5, 5.41) is 9.80. The van der Waals surface area contributed by atoms with Crippen molar-refractivity contribution < 1.29 is 14.7 Å². The maximum absolute atomic E-state index is 13.3. The molecular weight excluding hydrogens is 370 g/mol. The number of carboxylic acid groups (broad SMARTS) is 1. The van der Waals surface area contributed by atoms with Gasteiger partial charge in [0.15, 0.2) is 0 Å². The fraction of sp³-hybridized carbons (Fsp3) is 0.455. The number of carbonyl (C=O) groups is 2. The minimum atomic E-state index is -1.22. The molecule has 7 heteroatoms. The molecule has 1 aliphatic heterocycles. The molecule has 1 amide bonds. The molecule has 0 radical (unpaired) electrons. The summed E-state index contributed by atoms with van der Waals surface area (Å²) in [6, 6.07) is 3.36. The number of hydrogen-bond donors (Lipinski definition) is 1. The first-order chi connectivity index (χ1) is 13.6. The number of rotatable bonds is 4. The summed E-state index contributed by atoms with van der Waals surface area (Å²) in [6.45, 7) is 8.46. The second kappa shape index (κ2) is 7.81. The van der Waals surface area contributed by atoms with Gasteiger partial charge < -0.3 is 14.6 Å². The smallest absolute Gasteiger partial charge is 0.341 e. The molecule has 2 aromatic rings. The van der Waals surface area contributed by atoms with Gasteiger partial charge in [0.05, 0.1) is 6.04 Å². The lowest BCUT2D eigenvalue weighted by Crippen LogP contribution is -2.40. The Morgan fingerprint density at radius 2 is 2.03 bits per heavy atom. The van der Waals surface area contributed by atoms with E-state index in [4.69, 9.17) is 0 Å². The van der Waals surface area contributed by atoms with Crippen LogP contribution in [0.2, 0.25) is 0 Å². The summed E-state index contributed by atoms with van der Waals surface area (Å²) in [5.74, 6) is -1.29. The van der Waals surface area contributed by atoms with Gasteiger partial charge in [0, 0.05) is 38.6 Å². The van der Waals surface area contributed by atoms with Crippen molar-refractivity contribution in [3.8, 4) is 0 Å². The number of aromatic nitrogens is 2. The fourth-order valence-electron chi connectivity index (χ4n) is 3.93. The number of carbonyl (C=O) groups excluding carboxylic acids is 1. The number of fused-ring (bicyclic) bond motifs is 1. The van der Waals surface area contributed by atoms with Crippen molar-refractivity contribution in [3.05, 3.63) is 63.3 Å². The van der Waals surface area contributed by atoms with E-state index in [0.717, 1.165) is 5.56 Å². The first-order valence-electron chi connectivity index (χ1n) is 9.74. The van der Waals surface area contributed by atoms with E-state index in [1.807, 2.05) is 12.1 Å². The Labute approximate surface area is 170 Å². The Kier molecular flexibility index (Phi) is 5.59. The predicted octanol–water partition coefficient (Wildman–Crippen LogP) is 2.87. The van der Waals surface area contributed by atoms with Gasteiger partial charge in [-0.15, -0.1) is 0 Å². The van der Waals surface area contributed by atoms with E-state index in [2.05, 4.69) is 25.8 Å². The summed E-state index contributed by atoms with van der Waals surface area (Å²) < 4.78 is 1.52. The lowest BCUT2D eigenvalue weighted by molar-refractivity contribution is -0.129. The van der Waals surface area contributed by atoms with Crippen molar-refractivity contribution in [2.24, 2.45) is 5.41 Å². The zero-order valence-electron chi connectivity index (χ0n) is 17.3. The van der Waals surface area contributed by atoms with Crippen molar-refractivity contribution in [3.63, 3.8) is 0 Å². The van der Waals surface area contributed by atoms with E-state index in [1.54, 1.807) is 23.5 Å². The van der Waals surface area contributed by atoms with Gasteiger partial charge in [-0.25, -0.2) is 4.79 Å². The Morgan fingerprint density at radius 1 is 1.31 bits per heavy atom. The Balaban J connectivity index is 2.22. The molecule has 2 aromatic heterocycles. The molecule has 1 atom stereocenters. The van der Waals surface area contributed by atoms with Gasteiger partial charge in [0.25, 0.3) is 5.56 Å². The molecule has 0 aromatic carbocycles. The predicted molar refractivity (Wildman–Crippen MR) is 109 cm³/mol. The topological polar surface area (TPSA) is 92.5 Å². The van der Waals surface area contributed by atoms with Crippen molar-refractivity contribution in [2.75, 3.05) is 6.54 Å². The second-order valence-electron chi connectivity index (χ2n) is 8.78. The average Bonchev–Trinajstić information content (AvgIpc) is 2.65. The third kappa shape index (κ3) is 4.39. The van der Waals surface area contributed by atoms with Crippen LogP contribution in [0.3, 0.4) is 0 Å². The maximum Gasteiger partial charge on any atom is 0.341 e. The van der Waals surface area contributed by atoms with Crippen LogP contribution in [-0.2, 0) is 17.8 Å². The molecule has 3 heterocycles. The number of hydrogen-bond acceptors (Lipinski definition) is 4. The summed E-state index contributed by atoms with van der Waals surface area (Å²) in [5.41, 5.74) is 1.30. The minimum absolute atomic E-state index is 0.0659. The van der Waals surface area contributed by atoms with Gasteiger partial charge in [-0.3, -0.25) is 14.6 Å². The number of amides is 1. The van der Waals surface area contributed by atoms with E-state index < -0.39 is 11.5 Å². The number of nitrogens with zero attached hydrogens (tertiary/aromatic N) is 3. The minimum Gasteiger partial charge on any atom is -0.477 e.